The van der Waals surface area contributed by atoms with Crippen LogP contribution in [0.25, 0.3) is 0 Å². The highest BCUT2D eigenvalue weighted by molar-refractivity contribution is 6.76. The summed E-state index contributed by atoms with van der Waals surface area (Å²) in [7, 11) is -1.54. The number of nitrogens with one attached hydrogen (secondary N) is 1. The SMILES string of the molecule is C[Si](C)(C1C2C=CC=CC2C2C=CC=CC21)N1C=CNC1. The maximum Gasteiger partial charge on any atom is 0.156 e. The first-order chi connectivity index (χ1) is 10.2. The van der Waals surface area contributed by atoms with Crippen LogP contribution in [0, 0.1) is 23.7 Å². The van der Waals surface area contributed by atoms with E-state index in [0.717, 1.165) is 12.2 Å². The topological polar surface area (TPSA) is 15.3 Å². The van der Waals surface area contributed by atoms with Crippen molar-refractivity contribution in [1.29, 1.82) is 0 Å². The molecule has 1 heterocycles. The van der Waals surface area contributed by atoms with Crippen molar-refractivity contribution in [2.24, 2.45) is 23.7 Å². The van der Waals surface area contributed by atoms with E-state index in [0.29, 0.717) is 23.7 Å². The summed E-state index contributed by atoms with van der Waals surface area (Å²) < 4.78 is 2.61. The Labute approximate surface area is 128 Å². The number of allylic oxidation sites excluding steroid dienone is 8. The van der Waals surface area contributed by atoms with E-state index < -0.39 is 8.24 Å². The van der Waals surface area contributed by atoms with E-state index in [1.54, 1.807) is 0 Å². The van der Waals surface area contributed by atoms with Crippen molar-refractivity contribution in [3.05, 3.63) is 61.0 Å². The van der Waals surface area contributed by atoms with Gasteiger partial charge in [0.25, 0.3) is 0 Å². The molecule has 21 heavy (non-hydrogen) atoms. The molecule has 110 valence electrons. The Morgan fingerprint density at radius 3 is 1.86 bits per heavy atom. The van der Waals surface area contributed by atoms with Gasteiger partial charge in [-0.05, 0) is 29.2 Å². The smallest absolute Gasteiger partial charge is 0.156 e. The third kappa shape index (κ3) is 1.90. The van der Waals surface area contributed by atoms with Gasteiger partial charge in [0.2, 0.25) is 0 Å². The van der Waals surface area contributed by atoms with E-state index in [9.17, 15) is 0 Å². The van der Waals surface area contributed by atoms with Gasteiger partial charge in [0.1, 0.15) is 0 Å². The van der Waals surface area contributed by atoms with Crippen LogP contribution in [0.1, 0.15) is 0 Å². The molecule has 4 aliphatic rings. The van der Waals surface area contributed by atoms with Crippen LogP contribution in [0.5, 0.6) is 0 Å². The largest absolute Gasteiger partial charge is 0.386 e. The molecule has 0 spiro atoms. The maximum atomic E-state index is 3.36. The number of rotatable bonds is 2. The molecule has 2 nitrogen and oxygen atoms in total. The summed E-state index contributed by atoms with van der Waals surface area (Å²) in [5.74, 6) is 2.79. The summed E-state index contributed by atoms with van der Waals surface area (Å²) in [5.41, 5.74) is 0.777. The van der Waals surface area contributed by atoms with Crippen LogP contribution in [0.2, 0.25) is 18.6 Å². The summed E-state index contributed by atoms with van der Waals surface area (Å²) in [4.78, 5) is 0. The standard InChI is InChI=1S/C18H24N2Si/c1-21(2,20-12-11-19-13-20)18-16-9-5-3-7-14(16)15-8-4-6-10-17(15)18/h3-12,14-19H,13H2,1-2H3. The zero-order valence-corrected chi connectivity index (χ0v) is 13.8. The number of nitrogens with zero attached hydrogens (tertiary/aromatic N) is 1. The van der Waals surface area contributed by atoms with Gasteiger partial charge in [-0.15, -0.1) is 0 Å². The average molecular weight is 296 g/mol. The lowest BCUT2D eigenvalue weighted by Gasteiger charge is -2.43. The van der Waals surface area contributed by atoms with Crippen molar-refractivity contribution in [3.8, 4) is 0 Å². The lowest BCUT2D eigenvalue weighted by Crippen LogP contribution is -2.52. The monoisotopic (exact) mass is 296 g/mol. The van der Waals surface area contributed by atoms with Gasteiger partial charge in [0, 0.05) is 12.4 Å². The van der Waals surface area contributed by atoms with Gasteiger partial charge >= 0.3 is 0 Å². The van der Waals surface area contributed by atoms with Gasteiger partial charge in [-0.2, -0.15) is 0 Å². The van der Waals surface area contributed by atoms with E-state index in [1.165, 1.54) is 0 Å². The quantitative estimate of drug-likeness (QED) is 0.783. The molecule has 0 aromatic heterocycles. The van der Waals surface area contributed by atoms with Crippen molar-refractivity contribution in [2.45, 2.75) is 18.6 Å². The van der Waals surface area contributed by atoms with Crippen molar-refractivity contribution in [1.82, 2.24) is 9.88 Å². The van der Waals surface area contributed by atoms with E-state index >= 15 is 0 Å². The van der Waals surface area contributed by atoms with Gasteiger partial charge < -0.3 is 9.88 Å². The van der Waals surface area contributed by atoms with Crippen LogP contribution >= 0.6 is 0 Å². The van der Waals surface area contributed by atoms with Crippen LogP contribution in [0.4, 0.5) is 0 Å². The summed E-state index contributed by atoms with van der Waals surface area (Å²) in [6, 6.07) is 0. The fourth-order valence-corrected chi connectivity index (χ4v) is 8.79. The third-order valence-corrected chi connectivity index (χ3v) is 10.1. The molecule has 4 unspecified atom stereocenters. The van der Waals surface area contributed by atoms with E-state index in [2.05, 4.69) is 84.0 Å². The Morgan fingerprint density at radius 2 is 1.38 bits per heavy atom. The molecule has 3 aliphatic carbocycles. The predicted molar refractivity (Wildman–Crippen MR) is 90.7 cm³/mol. The fraction of sp³-hybridized carbons (Fsp3) is 0.444. The van der Waals surface area contributed by atoms with Crippen LogP contribution in [0.3, 0.4) is 0 Å². The minimum atomic E-state index is -1.54. The molecular weight excluding hydrogens is 272 g/mol. The van der Waals surface area contributed by atoms with Gasteiger partial charge in [-0.25, -0.2) is 0 Å². The molecule has 0 aromatic rings. The number of hydrogen-bond donors (Lipinski definition) is 1. The summed E-state index contributed by atoms with van der Waals surface area (Å²) in [5, 5.41) is 3.36. The fourth-order valence-electron chi connectivity index (χ4n) is 4.90. The van der Waals surface area contributed by atoms with Crippen LogP contribution in [-0.4, -0.2) is 19.5 Å². The van der Waals surface area contributed by atoms with Gasteiger partial charge in [-0.3, -0.25) is 0 Å². The van der Waals surface area contributed by atoms with Crippen molar-refractivity contribution in [2.75, 3.05) is 6.67 Å². The van der Waals surface area contributed by atoms with Gasteiger partial charge in [-0.1, -0.05) is 61.7 Å². The Kier molecular flexibility index (Phi) is 3.00. The molecule has 1 aliphatic heterocycles. The predicted octanol–water partition coefficient (Wildman–Crippen LogP) is 3.63. The molecule has 1 fully saturated rings. The molecule has 4 rings (SSSR count). The molecule has 4 atom stereocenters. The molecule has 3 heteroatoms. The molecule has 0 aromatic carbocycles. The first-order valence-electron chi connectivity index (χ1n) is 8.06. The zero-order valence-electron chi connectivity index (χ0n) is 12.8. The van der Waals surface area contributed by atoms with Crippen molar-refractivity contribution >= 4 is 8.24 Å². The first kappa shape index (κ1) is 13.2. The molecule has 0 amide bonds. The first-order valence-corrected chi connectivity index (χ1v) is 11.1. The summed E-state index contributed by atoms with van der Waals surface area (Å²) in [6.07, 6.45) is 23.3. The third-order valence-electron chi connectivity index (χ3n) is 5.91. The van der Waals surface area contributed by atoms with Crippen molar-refractivity contribution < 1.29 is 0 Å². The van der Waals surface area contributed by atoms with Crippen LogP contribution in [-0.2, 0) is 0 Å². The lowest BCUT2D eigenvalue weighted by atomic mass is 9.83. The average Bonchev–Trinajstić information content (AvgIpc) is 3.14. The van der Waals surface area contributed by atoms with Crippen LogP contribution < -0.4 is 5.32 Å². The normalized spacial score (nSPS) is 39.5. The highest BCUT2D eigenvalue weighted by atomic mass is 28.3. The van der Waals surface area contributed by atoms with Gasteiger partial charge in [0.05, 0.1) is 6.67 Å². The molecular formula is C18H24N2Si. The van der Waals surface area contributed by atoms with E-state index in [-0.39, 0.29) is 0 Å². The van der Waals surface area contributed by atoms with E-state index in [4.69, 9.17) is 0 Å². The second kappa shape index (κ2) is 4.77. The number of fused-ring (bicyclic) bond motifs is 3. The molecule has 0 radical (unpaired) electrons. The second-order valence-corrected chi connectivity index (χ2v) is 11.7. The zero-order chi connectivity index (χ0) is 14.4. The minimum Gasteiger partial charge on any atom is -0.386 e. The Morgan fingerprint density at radius 1 is 0.857 bits per heavy atom. The Hall–Kier alpha value is -1.48. The van der Waals surface area contributed by atoms with E-state index in [1.807, 2.05) is 0 Å². The molecule has 0 bridgehead atoms. The van der Waals surface area contributed by atoms with Crippen molar-refractivity contribution in [3.63, 3.8) is 0 Å². The number of hydrogen-bond acceptors (Lipinski definition) is 2. The summed E-state index contributed by atoms with van der Waals surface area (Å²) in [6.45, 7) is 6.09. The highest BCUT2D eigenvalue weighted by Gasteiger charge is 2.55. The minimum absolute atomic E-state index is 0.692. The molecule has 1 N–H and O–H groups in total. The lowest BCUT2D eigenvalue weighted by molar-refractivity contribution is 0.461. The Balaban J connectivity index is 1.74. The molecule has 1 saturated carbocycles. The molecule has 0 saturated heterocycles. The van der Waals surface area contributed by atoms with Gasteiger partial charge in [0.15, 0.2) is 8.24 Å². The maximum absolute atomic E-state index is 3.36. The second-order valence-electron chi connectivity index (χ2n) is 7.18. The summed E-state index contributed by atoms with van der Waals surface area (Å²) >= 11 is 0. The van der Waals surface area contributed by atoms with Crippen LogP contribution in [0.15, 0.2) is 61.0 Å². The highest BCUT2D eigenvalue weighted by Crippen LogP contribution is 2.58. The Bertz CT molecular complexity index is 536.